The maximum atomic E-state index is 12.0. The van der Waals surface area contributed by atoms with Crippen LogP contribution in [-0.2, 0) is 14.3 Å². The van der Waals surface area contributed by atoms with E-state index >= 15 is 0 Å². The summed E-state index contributed by atoms with van der Waals surface area (Å²) in [6.07, 6.45) is -0.200. The zero-order valence-electron chi connectivity index (χ0n) is 12.1. The van der Waals surface area contributed by atoms with Crippen LogP contribution in [0.3, 0.4) is 0 Å². The maximum absolute atomic E-state index is 12.0. The Labute approximate surface area is 117 Å². The van der Waals surface area contributed by atoms with Gasteiger partial charge in [0.25, 0.3) is 5.91 Å². The molecule has 1 fully saturated rings. The lowest BCUT2D eigenvalue weighted by atomic mass is 10.1. The first-order chi connectivity index (χ1) is 9.22. The van der Waals surface area contributed by atoms with Crippen molar-refractivity contribution in [3.63, 3.8) is 0 Å². The van der Waals surface area contributed by atoms with Crippen LogP contribution in [0, 0.1) is 0 Å². The molecule has 2 N–H and O–H groups in total. The number of nitrogens with one attached hydrogen (secondary N) is 1. The molecule has 7 heteroatoms. The van der Waals surface area contributed by atoms with Crippen molar-refractivity contribution in [3.05, 3.63) is 11.1 Å². The molecular weight excluding hydrogens is 264 g/mol. The molecule has 0 aliphatic carbocycles. The van der Waals surface area contributed by atoms with Gasteiger partial charge < -0.3 is 14.7 Å². The highest BCUT2D eigenvalue weighted by atomic mass is 16.5. The SMILES string of the molecule is CC(C(=O)O)=C(C)C(=O)NC(=O)N1C[C@@H](C)O[C@@H](C)C1. The lowest BCUT2D eigenvalue weighted by Gasteiger charge is -2.35. The number of ether oxygens (including phenoxy) is 1. The molecule has 3 amide bonds. The third-order valence-electron chi connectivity index (χ3n) is 3.15. The predicted molar refractivity (Wildman–Crippen MR) is 71.1 cm³/mol. The minimum Gasteiger partial charge on any atom is -0.478 e. The van der Waals surface area contributed by atoms with Crippen molar-refractivity contribution in [2.24, 2.45) is 0 Å². The summed E-state index contributed by atoms with van der Waals surface area (Å²) in [5.41, 5.74) is -0.0702. The summed E-state index contributed by atoms with van der Waals surface area (Å²) in [7, 11) is 0. The number of carboxylic acids is 1. The first-order valence-electron chi connectivity index (χ1n) is 6.38. The van der Waals surface area contributed by atoms with Crippen LogP contribution in [-0.4, -0.2) is 53.2 Å². The van der Waals surface area contributed by atoms with Crippen molar-refractivity contribution >= 4 is 17.9 Å². The first kappa shape index (κ1) is 16.2. The number of nitrogens with zero attached hydrogens (tertiary/aromatic N) is 1. The number of urea groups is 1. The van der Waals surface area contributed by atoms with Gasteiger partial charge in [-0.05, 0) is 27.7 Å². The lowest BCUT2D eigenvalue weighted by molar-refractivity contribution is -0.133. The molecule has 1 aliphatic rings. The van der Waals surface area contributed by atoms with Crippen LogP contribution in [0.1, 0.15) is 27.7 Å². The van der Waals surface area contributed by atoms with Crippen molar-refractivity contribution in [2.45, 2.75) is 39.9 Å². The van der Waals surface area contributed by atoms with Crippen LogP contribution in [0.4, 0.5) is 4.79 Å². The van der Waals surface area contributed by atoms with Gasteiger partial charge in [-0.25, -0.2) is 9.59 Å². The Morgan fingerprint density at radius 3 is 2.05 bits per heavy atom. The fraction of sp³-hybridized carbons (Fsp3) is 0.615. The molecular formula is C13H20N2O5. The summed E-state index contributed by atoms with van der Waals surface area (Å²) < 4.78 is 5.50. The van der Waals surface area contributed by atoms with Crippen molar-refractivity contribution in [1.29, 1.82) is 0 Å². The van der Waals surface area contributed by atoms with Gasteiger partial charge in [-0.2, -0.15) is 0 Å². The highest BCUT2D eigenvalue weighted by molar-refractivity contribution is 6.07. The molecule has 1 rings (SSSR count). The Morgan fingerprint density at radius 2 is 1.60 bits per heavy atom. The van der Waals surface area contributed by atoms with E-state index in [0.717, 1.165) is 0 Å². The monoisotopic (exact) mass is 284 g/mol. The van der Waals surface area contributed by atoms with E-state index in [2.05, 4.69) is 5.32 Å². The zero-order chi connectivity index (χ0) is 15.4. The number of rotatable bonds is 2. The number of hydrogen-bond donors (Lipinski definition) is 2. The molecule has 7 nitrogen and oxygen atoms in total. The van der Waals surface area contributed by atoms with E-state index in [1.165, 1.54) is 18.7 Å². The molecule has 1 saturated heterocycles. The third kappa shape index (κ3) is 4.06. The Bertz CT molecular complexity index is 448. The predicted octanol–water partition coefficient (Wildman–Crippen LogP) is 0.753. The standard InChI is InChI=1S/C13H20N2O5/c1-7-5-15(6-8(2)20-7)13(19)14-11(16)9(3)10(4)12(17)18/h7-8H,5-6H2,1-4H3,(H,17,18)(H,14,16,19)/t7-,8+. The first-order valence-corrected chi connectivity index (χ1v) is 6.38. The number of carbonyl (C=O) groups is 3. The molecule has 2 atom stereocenters. The van der Waals surface area contributed by atoms with Gasteiger partial charge in [-0.1, -0.05) is 0 Å². The van der Waals surface area contributed by atoms with Gasteiger partial charge in [0, 0.05) is 24.2 Å². The van der Waals surface area contributed by atoms with Crippen LogP contribution in [0.2, 0.25) is 0 Å². The zero-order valence-corrected chi connectivity index (χ0v) is 12.1. The van der Waals surface area contributed by atoms with E-state index in [1.54, 1.807) is 0 Å². The summed E-state index contributed by atoms with van der Waals surface area (Å²) in [6.45, 7) is 7.17. The summed E-state index contributed by atoms with van der Waals surface area (Å²) in [4.78, 5) is 36.0. The van der Waals surface area contributed by atoms with Gasteiger partial charge in [0.05, 0.1) is 12.2 Å². The van der Waals surface area contributed by atoms with Gasteiger partial charge in [0.1, 0.15) is 0 Å². The van der Waals surface area contributed by atoms with E-state index in [-0.39, 0.29) is 23.4 Å². The molecule has 0 aromatic carbocycles. The van der Waals surface area contributed by atoms with Crippen LogP contribution < -0.4 is 5.32 Å². The highest BCUT2D eigenvalue weighted by Gasteiger charge is 2.27. The van der Waals surface area contributed by atoms with Crippen LogP contribution >= 0.6 is 0 Å². The minimum atomic E-state index is -1.18. The van der Waals surface area contributed by atoms with E-state index in [4.69, 9.17) is 9.84 Å². The minimum absolute atomic E-state index is 0.0141. The molecule has 0 unspecified atom stereocenters. The van der Waals surface area contributed by atoms with Crippen molar-refractivity contribution in [1.82, 2.24) is 10.2 Å². The van der Waals surface area contributed by atoms with E-state index < -0.39 is 17.9 Å². The molecule has 20 heavy (non-hydrogen) atoms. The average Bonchev–Trinajstić information content (AvgIpc) is 2.35. The molecule has 0 spiro atoms. The van der Waals surface area contributed by atoms with Gasteiger partial charge in [-0.15, -0.1) is 0 Å². The van der Waals surface area contributed by atoms with Crippen LogP contribution in [0.25, 0.3) is 0 Å². The average molecular weight is 284 g/mol. The molecule has 0 saturated carbocycles. The number of aliphatic carboxylic acids is 1. The number of morpholine rings is 1. The smallest absolute Gasteiger partial charge is 0.331 e. The number of imide groups is 1. The second kappa shape index (κ2) is 6.51. The van der Waals surface area contributed by atoms with E-state index in [1.807, 2.05) is 13.8 Å². The Morgan fingerprint density at radius 1 is 1.10 bits per heavy atom. The molecule has 1 heterocycles. The highest BCUT2D eigenvalue weighted by Crippen LogP contribution is 2.11. The van der Waals surface area contributed by atoms with Crippen molar-refractivity contribution in [2.75, 3.05) is 13.1 Å². The normalized spacial score (nSPS) is 23.9. The quantitative estimate of drug-likeness (QED) is 0.730. The van der Waals surface area contributed by atoms with E-state index in [9.17, 15) is 14.4 Å². The van der Waals surface area contributed by atoms with Crippen LogP contribution in [0.15, 0.2) is 11.1 Å². The second-order valence-corrected chi connectivity index (χ2v) is 4.98. The second-order valence-electron chi connectivity index (χ2n) is 4.98. The topological polar surface area (TPSA) is 95.9 Å². The van der Waals surface area contributed by atoms with Crippen molar-refractivity contribution in [3.8, 4) is 0 Å². The van der Waals surface area contributed by atoms with E-state index in [0.29, 0.717) is 13.1 Å². The van der Waals surface area contributed by atoms with Crippen LogP contribution in [0.5, 0.6) is 0 Å². The number of carbonyl (C=O) groups excluding carboxylic acids is 2. The summed E-state index contributed by atoms with van der Waals surface area (Å²) >= 11 is 0. The Hall–Kier alpha value is -1.89. The van der Waals surface area contributed by atoms with Gasteiger partial charge >= 0.3 is 12.0 Å². The van der Waals surface area contributed by atoms with Crippen molar-refractivity contribution < 1.29 is 24.2 Å². The van der Waals surface area contributed by atoms with Gasteiger partial charge in [-0.3, -0.25) is 10.1 Å². The largest absolute Gasteiger partial charge is 0.478 e. The molecule has 0 radical (unpaired) electrons. The molecule has 112 valence electrons. The number of hydrogen-bond acceptors (Lipinski definition) is 4. The number of carboxylic acid groups (broad SMARTS) is 1. The Kier molecular flexibility index (Phi) is 5.26. The molecule has 0 aromatic rings. The fourth-order valence-electron chi connectivity index (χ4n) is 1.94. The summed E-state index contributed by atoms with van der Waals surface area (Å²) in [5, 5.41) is 11.0. The number of amides is 3. The Balaban J connectivity index is 2.69. The fourth-order valence-corrected chi connectivity index (χ4v) is 1.94. The molecule has 0 bridgehead atoms. The molecule has 0 aromatic heterocycles. The summed E-state index contributed by atoms with van der Waals surface area (Å²) in [5.74, 6) is -1.87. The third-order valence-corrected chi connectivity index (χ3v) is 3.15. The van der Waals surface area contributed by atoms with Gasteiger partial charge in [0.2, 0.25) is 0 Å². The lowest BCUT2D eigenvalue weighted by Crippen LogP contribution is -2.52. The summed E-state index contributed by atoms with van der Waals surface area (Å²) in [6, 6.07) is -0.533. The maximum Gasteiger partial charge on any atom is 0.331 e. The molecule has 1 aliphatic heterocycles. The van der Waals surface area contributed by atoms with Gasteiger partial charge in [0.15, 0.2) is 0 Å².